The fourth-order valence-corrected chi connectivity index (χ4v) is 5.45. The Morgan fingerprint density at radius 1 is 1.00 bits per heavy atom. The minimum atomic E-state index is -4.79. The molecule has 0 radical (unpaired) electrons. The van der Waals surface area contributed by atoms with Crippen molar-refractivity contribution < 1.29 is 21.6 Å². The van der Waals surface area contributed by atoms with Gasteiger partial charge < -0.3 is 4.40 Å². The smallest absolute Gasteiger partial charge is 0.306 e. The number of imidazole rings is 1. The molecule has 4 aromatic rings. The number of halogens is 3. The topological polar surface area (TPSA) is 63.5 Å². The van der Waals surface area contributed by atoms with Crippen LogP contribution < -0.4 is 4.72 Å². The quantitative estimate of drug-likeness (QED) is 0.414. The molecule has 0 aliphatic rings. The number of rotatable bonds is 5. The zero-order chi connectivity index (χ0) is 24.0. The highest BCUT2D eigenvalue weighted by Crippen LogP contribution is 2.35. The van der Waals surface area contributed by atoms with Crippen LogP contribution in [0.1, 0.15) is 30.5 Å². The highest BCUT2D eigenvalue weighted by Gasteiger charge is 2.38. The number of sulfonamides is 1. The van der Waals surface area contributed by atoms with Gasteiger partial charge in [0.15, 0.2) is 0 Å². The van der Waals surface area contributed by atoms with Crippen LogP contribution in [0.2, 0.25) is 0 Å². The minimum absolute atomic E-state index is 0.609. The monoisotopic (exact) mass is 473 g/mol. The third kappa shape index (κ3) is 4.51. The second kappa shape index (κ2) is 8.00. The minimum Gasteiger partial charge on any atom is -0.306 e. The first-order valence-electron chi connectivity index (χ1n) is 10.1. The predicted octanol–water partition coefficient (Wildman–Crippen LogP) is 5.54. The third-order valence-corrected chi connectivity index (χ3v) is 7.22. The average molecular weight is 474 g/mol. The van der Waals surface area contributed by atoms with Crippen molar-refractivity contribution in [2.45, 2.75) is 37.4 Å². The molecule has 9 heteroatoms. The van der Waals surface area contributed by atoms with Crippen molar-refractivity contribution in [3.8, 4) is 11.1 Å². The van der Waals surface area contributed by atoms with E-state index >= 15 is 0 Å². The fourth-order valence-electron chi connectivity index (χ4n) is 3.82. The molecule has 2 aromatic heterocycles. The molecule has 33 heavy (non-hydrogen) atoms. The molecule has 0 aliphatic carbocycles. The van der Waals surface area contributed by atoms with Gasteiger partial charge in [-0.2, -0.15) is 13.2 Å². The van der Waals surface area contributed by atoms with Gasteiger partial charge in [-0.25, -0.2) is 18.1 Å². The summed E-state index contributed by atoms with van der Waals surface area (Å²) in [6, 6.07) is 13.4. The van der Waals surface area contributed by atoms with Crippen LogP contribution in [-0.2, 0) is 21.7 Å². The number of benzene rings is 2. The predicted molar refractivity (Wildman–Crippen MR) is 120 cm³/mol. The second-order valence-electron chi connectivity index (χ2n) is 8.37. The van der Waals surface area contributed by atoms with E-state index in [0.29, 0.717) is 5.56 Å². The van der Waals surface area contributed by atoms with Crippen molar-refractivity contribution in [2.24, 2.45) is 0 Å². The van der Waals surface area contributed by atoms with Gasteiger partial charge in [-0.3, -0.25) is 0 Å². The van der Waals surface area contributed by atoms with Crippen LogP contribution in [-0.4, -0.2) is 17.8 Å². The molecule has 0 fully saturated rings. The standard InChI is InChI=1S/C24H22F3N3O2S/c1-16-13-22-28-11-12-30(22)15-19(16)17-7-6-8-18(14-17)23(2,3)29-33(31,32)21-10-5-4-9-20(21)24(25,26)27/h4-15,29H,1-3H3. The van der Waals surface area contributed by atoms with Crippen LogP contribution in [0.4, 0.5) is 13.2 Å². The second-order valence-corrected chi connectivity index (χ2v) is 10.0. The molecule has 0 saturated heterocycles. The van der Waals surface area contributed by atoms with Gasteiger partial charge in [0, 0.05) is 24.2 Å². The largest absolute Gasteiger partial charge is 0.417 e. The van der Waals surface area contributed by atoms with Gasteiger partial charge in [0.1, 0.15) is 5.65 Å². The Labute approximate surface area is 190 Å². The van der Waals surface area contributed by atoms with Gasteiger partial charge in [0.2, 0.25) is 10.0 Å². The SMILES string of the molecule is Cc1cc2nccn2cc1-c1cccc(C(C)(C)NS(=O)(=O)c2ccccc2C(F)(F)F)c1. The molecule has 0 unspecified atom stereocenters. The lowest BCUT2D eigenvalue weighted by atomic mass is 9.92. The third-order valence-electron chi connectivity index (χ3n) is 5.50. The van der Waals surface area contributed by atoms with Crippen molar-refractivity contribution >= 4 is 15.7 Å². The van der Waals surface area contributed by atoms with E-state index in [-0.39, 0.29) is 0 Å². The van der Waals surface area contributed by atoms with Crippen LogP contribution in [0.15, 0.2) is 78.1 Å². The summed E-state index contributed by atoms with van der Waals surface area (Å²) in [5, 5.41) is 0. The molecule has 0 amide bonds. The molecule has 0 spiro atoms. The summed E-state index contributed by atoms with van der Waals surface area (Å²) in [5.74, 6) is 0. The molecule has 4 rings (SSSR count). The van der Waals surface area contributed by atoms with E-state index in [9.17, 15) is 21.6 Å². The van der Waals surface area contributed by atoms with Crippen molar-refractivity contribution in [1.82, 2.24) is 14.1 Å². The van der Waals surface area contributed by atoms with Crippen molar-refractivity contribution in [2.75, 3.05) is 0 Å². The highest BCUT2D eigenvalue weighted by atomic mass is 32.2. The Morgan fingerprint density at radius 2 is 1.73 bits per heavy atom. The Balaban J connectivity index is 1.72. The van der Waals surface area contributed by atoms with E-state index in [1.807, 2.05) is 41.9 Å². The number of nitrogens with one attached hydrogen (secondary N) is 1. The first-order chi connectivity index (χ1) is 15.4. The van der Waals surface area contributed by atoms with Gasteiger partial charge in [0.05, 0.1) is 16.0 Å². The summed E-state index contributed by atoms with van der Waals surface area (Å²) in [6.45, 7) is 5.19. The Kier molecular flexibility index (Phi) is 5.58. The molecular formula is C24H22F3N3O2S. The molecular weight excluding hydrogens is 451 g/mol. The molecule has 0 bridgehead atoms. The highest BCUT2D eigenvalue weighted by molar-refractivity contribution is 7.89. The summed E-state index contributed by atoms with van der Waals surface area (Å²) in [6.07, 6.45) is 0.677. The zero-order valence-corrected chi connectivity index (χ0v) is 19.0. The van der Waals surface area contributed by atoms with Crippen molar-refractivity contribution in [3.05, 3.63) is 89.9 Å². The maximum Gasteiger partial charge on any atom is 0.417 e. The normalized spacial score (nSPS) is 12.9. The number of fused-ring (bicyclic) bond motifs is 1. The molecule has 0 saturated carbocycles. The summed E-state index contributed by atoms with van der Waals surface area (Å²) in [4.78, 5) is 3.47. The van der Waals surface area contributed by atoms with E-state index < -0.39 is 32.2 Å². The first kappa shape index (κ1) is 23.0. The van der Waals surface area contributed by atoms with Gasteiger partial charge in [-0.15, -0.1) is 0 Å². The van der Waals surface area contributed by atoms with E-state index in [4.69, 9.17) is 0 Å². The molecule has 2 aromatic carbocycles. The van der Waals surface area contributed by atoms with Gasteiger partial charge in [-0.1, -0.05) is 30.3 Å². The zero-order valence-electron chi connectivity index (χ0n) is 18.2. The molecule has 172 valence electrons. The number of alkyl halides is 3. The van der Waals surface area contributed by atoms with Crippen LogP contribution in [0.25, 0.3) is 16.8 Å². The number of pyridine rings is 1. The van der Waals surface area contributed by atoms with Crippen LogP contribution in [0.3, 0.4) is 0 Å². The lowest BCUT2D eigenvalue weighted by molar-refractivity contribution is -0.139. The van der Waals surface area contributed by atoms with E-state index in [1.54, 1.807) is 32.2 Å². The maximum atomic E-state index is 13.4. The van der Waals surface area contributed by atoms with E-state index in [1.165, 1.54) is 6.07 Å². The maximum absolute atomic E-state index is 13.4. The Morgan fingerprint density at radius 3 is 2.45 bits per heavy atom. The number of hydrogen-bond donors (Lipinski definition) is 1. The lowest BCUT2D eigenvalue weighted by Crippen LogP contribution is -2.41. The number of nitrogens with zero attached hydrogens (tertiary/aromatic N) is 2. The first-order valence-corrected chi connectivity index (χ1v) is 11.6. The molecule has 5 nitrogen and oxygen atoms in total. The van der Waals surface area contributed by atoms with Gasteiger partial charge >= 0.3 is 6.18 Å². The van der Waals surface area contributed by atoms with E-state index in [0.717, 1.165) is 40.5 Å². The van der Waals surface area contributed by atoms with Crippen molar-refractivity contribution in [3.63, 3.8) is 0 Å². The molecule has 2 heterocycles. The average Bonchev–Trinajstić information content (AvgIpc) is 3.19. The summed E-state index contributed by atoms with van der Waals surface area (Å²) >= 11 is 0. The number of aromatic nitrogens is 2. The summed E-state index contributed by atoms with van der Waals surface area (Å²) in [7, 11) is -4.47. The fraction of sp³-hybridized carbons (Fsp3) is 0.208. The van der Waals surface area contributed by atoms with E-state index in [2.05, 4.69) is 9.71 Å². The van der Waals surface area contributed by atoms with Crippen molar-refractivity contribution in [1.29, 1.82) is 0 Å². The van der Waals surface area contributed by atoms with Crippen LogP contribution in [0, 0.1) is 6.92 Å². The summed E-state index contributed by atoms with van der Waals surface area (Å²) in [5.41, 5.74) is 1.81. The summed E-state index contributed by atoms with van der Waals surface area (Å²) < 4.78 is 70.5. The Bertz CT molecular complexity index is 1440. The van der Waals surface area contributed by atoms with Gasteiger partial charge in [-0.05, 0) is 61.7 Å². The van der Waals surface area contributed by atoms with Gasteiger partial charge in [0.25, 0.3) is 0 Å². The van der Waals surface area contributed by atoms with Crippen LogP contribution >= 0.6 is 0 Å². The lowest BCUT2D eigenvalue weighted by Gasteiger charge is -2.28. The number of hydrogen-bond acceptors (Lipinski definition) is 3. The molecule has 1 N–H and O–H groups in total. The Hall–Kier alpha value is -3.17. The molecule has 0 aliphatic heterocycles. The van der Waals surface area contributed by atoms with Crippen LogP contribution in [0.5, 0.6) is 0 Å². The molecule has 0 atom stereocenters. The number of aryl methyl sites for hydroxylation is 1.